The standard InChI is InChI=1S/C14H25N5/c1-10(2)6-8-19(4)13-11-9-16-7-5-12(11)17-14(15-3)18-13/h10,16H,5-9H2,1-4H3,(H,15,17,18). The molecule has 0 fully saturated rings. The van der Waals surface area contributed by atoms with Crippen molar-refractivity contribution in [1.29, 1.82) is 0 Å². The normalized spacial score (nSPS) is 14.4. The van der Waals surface area contributed by atoms with Crippen LogP contribution in [0.25, 0.3) is 0 Å². The van der Waals surface area contributed by atoms with E-state index in [2.05, 4.69) is 46.4 Å². The third-order valence-corrected chi connectivity index (χ3v) is 3.54. The number of anilines is 2. The molecule has 5 heteroatoms. The molecule has 1 aliphatic rings. The van der Waals surface area contributed by atoms with Gasteiger partial charge in [-0.1, -0.05) is 13.8 Å². The van der Waals surface area contributed by atoms with Gasteiger partial charge in [0.05, 0.1) is 5.69 Å². The van der Waals surface area contributed by atoms with Gasteiger partial charge >= 0.3 is 0 Å². The topological polar surface area (TPSA) is 53.1 Å². The van der Waals surface area contributed by atoms with E-state index in [4.69, 9.17) is 0 Å². The van der Waals surface area contributed by atoms with Crippen molar-refractivity contribution in [3.05, 3.63) is 11.3 Å². The summed E-state index contributed by atoms with van der Waals surface area (Å²) in [5, 5.41) is 6.48. The van der Waals surface area contributed by atoms with Crippen molar-refractivity contribution < 1.29 is 0 Å². The smallest absolute Gasteiger partial charge is 0.224 e. The fourth-order valence-corrected chi connectivity index (χ4v) is 2.31. The maximum absolute atomic E-state index is 4.65. The summed E-state index contributed by atoms with van der Waals surface area (Å²) < 4.78 is 0. The summed E-state index contributed by atoms with van der Waals surface area (Å²) in [6.07, 6.45) is 2.16. The fraction of sp³-hybridized carbons (Fsp3) is 0.714. The van der Waals surface area contributed by atoms with Gasteiger partial charge < -0.3 is 15.5 Å². The SMILES string of the molecule is CNc1nc2c(c(N(C)CCC(C)C)n1)CNCC2. The lowest BCUT2D eigenvalue weighted by molar-refractivity contribution is 0.578. The van der Waals surface area contributed by atoms with Crippen LogP contribution >= 0.6 is 0 Å². The molecule has 0 amide bonds. The maximum Gasteiger partial charge on any atom is 0.224 e. The van der Waals surface area contributed by atoms with Crippen molar-refractivity contribution in [3.63, 3.8) is 0 Å². The molecule has 1 aromatic rings. The molecule has 106 valence electrons. The summed E-state index contributed by atoms with van der Waals surface area (Å²) in [7, 11) is 4.00. The minimum atomic E-state index is 0.710. The van der Waals surface area contributed by atoms with Gasteiger partial charge in [-0.25, -0.2) is 4.98 Å². The summed E-state index contributed by atoms with van der Waals surface area (Å²) >= 11 is 0. The van der Waals surface area contributed by atoms with Crippen LogP contribution in [-0.4, -0.2) is 37.2 Å². The Labute approximate surface area is 115 Å². The van der Waals surface area contributed by atoms with Crippen molar-refractivity contribution in [2.24, 2.45) is 5.92 Å². The van der Waals surface area contributed by atoms with Crippen LogP contribution in [0.2, 0.25) is 0 Å². The van der Waals surface area contributed by atoms with Crippen LogP contribution in [-0.2, 0) is 13.0 Å². The highest BCUT2D eigenvalue weighted by molar-refractivity contribution is 5.53. The molecule has 0 saturated carbocycles. The second kappa shape index (κ2) is 6.19. The number of rotatable bonds is 5. The highest BCUT2D eigenvalue weighted by Crippen LogP contribution is 2.24. The lowest BCUT2D eigenvalue weighted by Gasteiger charge is -2.26. The predicted octanol–water partition coefficient (Wildman–Crippen LogP) is 1.65. The Balaban J connectivity index is 2.26. The number of hydrogen-bond donors (Lipinski definition) is 2. The van der Waals surface area contributed by atoms with Gasteiger partial charge in [-0.2, -0.15) is 4.98 Å². The van der Waals surface area contributed by atoms with Crippen molar-refractivity contribution in [3.8, 4) is 0 Å². The monoisotopic (exact) mass is 263 g/mol. The summed E-state index contributed by atoms with van der Waals surface area (Å²) in [6.45, 7) is 7.42. The molecule has 0 spiro atoms. The maximum atomic E-state index is 4.65. The first kappa shape index (κ1) is 14.1. The molecule has 19 heavy (non-hydrogen) atoms. The Hall–Kier alpha value is -1.36. The molecule has 2 heterocycles. The molecule has 1 aliphatic heterocycles. The van der Waals surface area contributed by atoms with Crippen LogP contribution in [0.4, 0.5) is 11.8 Å². The highest BCUT2D eigenvalue weighted by atomic mass is 15.2. The van der Waals surface area contributed by atoms with Crippen molar-refractivity contribution in [2.45, 2.75) is 33.2 Å². The van der Waals surface area contributed by atoms with E-state index in [1.54, 1.807) is 0 Å². The molecule has 0 radical (unpaired) electrons. The Morgan fingerprint density at radius 3 is 2.84 bits per heavy atom. The van der Waals surface area contributed by atoms with Gasteiger partial charge in [0.25, 0.3) is 0 Å². The Kier molecular flexibility index (Phi) is 4.58. The number of aromatic nitrogens is 2. The molecular weight excluding hydrogens is 238 g/mol. The molecule has 5 nitrogen and oxygen atoms in total. The van der Waals surface area contributed by atoms with Crippen LogP contribution in [0, 0.1) is 5.92 Å². The number of nitrogens with one attached hydrogen (secondary N) is 2. The summed E-state index contributed by atoms with van der Waals surface area (Å²) in [6, 6.07) is 0. The quantitative estimate of drug-likeness (QED) is 0.846. The zero-order valence-corrected chi connectivity index (χ0v) is 12.5. The van der Waals surface area contributed by atoms with E-state index in [1.807, 2.05) is 7.05 Å². The first-order valence-electron chi connectivity index (χ1n) is 7.11. The molecule has 1 aromatic heterocycles. The van der Waals surface area contributed by atoms with E-state index < -0.39 is 0 Å². The largest absolute Gasteiger partial charge is 0.359 e. The summed E-state index contributed by atoms with van der Waals surface area (Å²) in [5.41, 5.74) is 2.45. The van der Waals surface area contributed by atoms with Gasteiger partial charge in [0.15, 0.2) is 0 Å². The van der Waals surface area contributed by atoms with E-state index in [0.717, 1.165) is 37.8 Å². The summed E-state index contributed by atoms with van der Waals surface area (Å²) in [4.78, 5) is 11.5. The van der Waals surface area contributed by atoms with Gasteiger partial charge in [0, 0.05) is 45.7 Å². The number of nitrogens with zero attached hydrogens (tertiary/aromatic N) is 3. The minimum Gasteiger partial charge on any atom is -0.359 e. The van der Waals surface area contributed by atoms with Gasteiger partial charge in [-0.05, 0) is 12.3 Å². The second-order valence-corrected chi connectivity index (χ2v) is 5.58. The van der Waals surface area contributed by atoms with Crippen molar-refractivity contribution in [1.82, 2.24) is 15.3 Å². The van der Waals surface area contributed by atoms with Gasteiger partial charge in [0.2, 0.25) is 5.95 Å². The molecule has 2 N–H and O–H groups in total. The van der Waals surface area contributed by atoms with Gasteiger partial charge in [-0.15, -0.1) is 0 Å². The lowest BCUT2D eigenvalue weighted by Crippen LogP contribution is -2.30. The van der Waals surface area contributed by atoms with Gasteiger partial charge in [-0.3, -0.25) is 0 Å². The Morgan fingerprint density at radius 1 is 1.37 bits per heavy atom. The van der Waals surface area contributed by atoms with Crippen LogP contribution in [0.1, 0.15) is 31.5 Å². The molecule has 0 saturated heterocycles. The molecule has 2 rings (SSSR count). The van der Waals surface area contributed by atoms with E-state index in [-0.39, 0.29) is 0 Å². The third-order valence-electron chi connectivity index (χ3n) is 3.54. The molecule has 0 atom stereocenters. The van der Waals surface area contributed by atoms with Crippen LogP contribution in [0.15, 0.2) is 0 Å². The van der Waals surface area contributed by atoms with Crippen LogP contribution in [0.3, 0.4) is 0 Å². The molecular formula is C14H25N5. The average molecular weight is 263 g/mol. The minimum absolute atomic E-state index is 0.710. The van der Waals surface area contributed by atoms with E-state index in [1.165, 1.54) is 17.7 Å². The van der Waals surface area contributed by atoms with E-state index in [0.29, 0.717) is 5.92 Å². The zero-order valence-electron chi connectivity index (χ0n) is 12.5. The highest BCUT2D eigenvalue weighted by Gasteiger charge is 2.19. The fourth-order valence-electron chi connectivity index (χ4n) is 2.31. The first-order chi connectivity index (χ1) is 9.11. The van der Waals surface area contributed by atoms with E-state index >= 15 is 0 Å². The average Bonchev–Trinajstić information content (AvgIpc) is 2.43. The lowest BCUT2D eigenvalue weighted by atomic mass is 10.1. The zero-order chi connectivity index (χ0) is 13.8. The van der Waals surface area contributed by atoms with Crippen LogP contribution in [0.5, 0.6) is 0 Å². The molecule has 0 bridgehead atoms. The molecule has 0 aromatic carbocycles. The van der Waals surface area contributed by atoms with Crippen molar-refractivity contribution in [2.75, 3.05) is 37.4 Å². The predicted molar refractivity (Wildman–Crippen MR) is 79.7 cm³/mol. The van der Waals surface area contributed by atoms with Crippen LogP contribution < -0.4 is 15.5 Å². The second-order valence-electron chi connectivity index (χ2n) is 5.58. The number of hydrogen-bond acceptors (Lipinski definition) is 5. The Bertz CT molecular complexity index is 430. The number of fused-ring (bicyclic) bond motifs is 1. The van der Waals surface area contributed by atoms with E-state index in [9.17, 15) is 0 Å². The molecule has 0 unspecified atom stereocenters. The Morgan fingerprint density at radius 2 is 2.16 bits per heavy atom. The third kappa shape index (κ3) is 3.35. The van der Waals surface area contributed by atoms with Gasteiger partial charge in [0.1, 0.15) is 5.82 Å². The summed E-state index contributed by atoms with van der Waals surface area (Å²) in [5.74, 6) is 2.51. The first-order valence-corrected chi connectivity index (χ1v) is 7.11. The van der Waals surface area contributed by atoms with Crippen molar-refractivity contribution >= 4 is 11.8 Å². The molecule has 0 aliphatic carbocycles.